The molecule has 0 aromatic carbocycles. The van der Waals surface area contributed by atoms with Crippen LogP contribution in [0, 0.1) is 17.8 Å². The van der Waals surface area contributed by atoms with Gasteiger partial charge in [-0.2, -0.15) is 0 Å². The lowest BCUT2D eigenvalue weighted by Crippen LogP contribution is -2.68. The summed E-state index contributed by atoms with van der Waals surface area (Å²) in [7, 11) is 0. The van der Waals surface area contributed by atoms with Gasteiger partial charge in [-0.25, -0.2) is 0 Å². The second-order valence-electron chi connectivity index (χ2n) is 16.0. The summed E-state index contributed by atoms with van der Waals surface area (Å²) < 4.78 is 42.8. The van der Waals surface area contributed by atoms with Crippen molar-refractivity contribution >= 4 is 0 Å². The van der Waals surface area contributed by atoms with Crippen LogP contribution in [0.5, 0.6) is 0 Å². The summed E-state index contributed by atoms with van der Waals surface area (Å²) in [4.78, 5) is 0. The molecule has 3 saturated heterocycles. The summed E-state index contributed by atoms with van der Waals surface area (Å²) in [5, 5.41) is 76.9. The van der Waals surface area contributed by atoms with E-state index in [9.17, 15) is 35.7 Å². The fourth-order valence-electron chi connectivity index (χ4n) is 9.26. The van der Waals surface area contributed by atoms with Crippen molar-refractivity contribution in [2.24, 2.45) is 46.4 Å². The van der Waals surface area contributed by atoms with Crippen LogP contribution in [0.2, 0.25) is 0 Å². The normalized spacial score (nSPS) is 50.9. The van der Waals surface area contributed by atoms with Crippen molar-refractivity contribution in [3.63, 3.8) is 0 Å². The quantitative estimate of drug-likeness (QED) is 0.0648. The molecule has 0 amide bonds. The lowest BCUT2D eigenvalue weighted by atomic mass is 9.84. The molecule has 0 spiro atoms. The average Bonchev–Trinajstić information content (AvgIpc) is 3.88. The Kier molecular flexibility index (Phi) is 14.9. The minimum atomic E-state index is -1.51. The van der Waals surface area contributed by atoms with Crippen LogP contribution in [0.4, 0.5) is 0 Å². The maximum atomic E-state index is 11.4. The Morgan fingerprint density at radius 3 is 1.81 bits per heavy atom. The second-order valence-corrected chi connectivity index (χ2v) is 16.0. The minimum absolute atomic E-state index is 0.0973. The van der Waals surface area contributed by atoms with E-state index in [-0.39, 0.29) is 19.6 Å². The molecule has 20 nitrogen and oxygen atoms in total. The molecule has 2 bridgehead atoms. The standard InChI is InChI=1S/C34H64N6O14/c35-10-18-24(44)26(46)21(38)32(49-18)53-29-20(12-42)51-34(31(29)48-6-5-40-4-3-15-8-13-1-2-14(15)7-13)54-30-23(43)16(36)9-17(37)28(30)52-33-22(39)27(47)25(45)19(11-41)50-33/h13-34,40-47H,1-12,35-39H2/t13?,14?,15?,16-,17+,18+,19-,20-,21-,22-,23+,24-,25-,26-,27-,28-,29-,30-,31-,32-,33-,34+/m1/s1. The van der Waals surface area contributed by atoms with E-state index in [1.165, 1.54) is 25.7 Å². The first kappa shape index (κ1) is 42.8. The Hall–Kier alpha value is -0.800. The molecule has 3 aliphatic heterocycles. The van der Waals surface area contributed by atoms with E-state index in [2.05, 4.69) is 5.32 Å². The Labute approximate surface area is 314 Å². The van der Waals surface area contributed by atoms with Crippen molar-refractivity contribution in [1.82, 2.24) is 5.32 Å². The molecule has 0 aromatic heterocycles. The molecule has 18 N–H and O–H groups in total. The topological polar surface area (TPSA) is 348 Å². The maximum absolute atomic E-state index is 11.4. The van der Waals surface area contributed by atoms with E-state index in [1.807, 2.05) is 0 Å². The van der Waals surface area contributed by atoms with Crippen molar-refractivity contribution in [2.45, 2.75) is 155 Å². The molecule has 6 rings (SSSR count). The summed E-state index contributed by atoms with van der Waals surface area (Å²) in [5.41, 5.74) is 30.9. The first-order chi connectivity index (χ1) is 25.9. The number of nitrogens with one attached hydrogen (secondary N) is 1. The lowest BCUT2D eigenvalue weighted by molar-refractivity contribution is -0.311. The number of hydrogen-bond donors (Lipinski definition) is 13. The molecule has 3 aliphatic carbocycles. The molecule has 54 heavy (non-hydrogen) atoms. The van der Waals surface area contributed by atoms with Crippen LogP contribution < -0.4 is 34.0 Å². The van der Waals surface area contributed by atoms with Crippen LogP contribution >= 0.6 is 0 Å². The van der Waals surface area contributed by atoms with Gasteiger partial charge in [-0.15, -0.1) is 0 Å². The summed E-state index contributed by atoms with van der Waals surface area (Å²) in [6.45, 7) is 0.0948. The van der Waals surface area contributed by atoms with Crippen molar-refractivity contribution in [2.75, 3.05) is 39.5 Å². The molecular formula is C34H64N6O14. The Balaban J connectivity index is 1.17. The van der Waals surface area contributed by atoms with Gasteiger partial charge in [0, 0.05) is 25.2 Å². The van der Waals surface area contributed by atoms with Crippen molar-refractivity contribution in [1.29, 1.82) is 0 Å². The van der Waals surface area contributed by atoms with Gasteiger partial charge < -0.3 is 103 Å². The molecule has 314 valence electrons. The van der Waals surface area contributed by atoms with Gasteiger partial charge >= 0.3 is 0 Å². The third-order valence-corrected chi connectivity index (χ3v) is 12.5. The van der Waals surface area contributed by atoms with Gasteiger partial charge in [-0.1, -0.05) is 6.42 Å². The van der Waals surface area contributed by atoms with E-state index < -0.39 is 129 Å². The number of rotatable bonds is 16. The molecule has 22 atom stereocenters. The van der Waals surface area contributed by atoms with Crippen LogP contribution in [-0.2, 0) is 33.2 Å². The first-order valence-corrected chi connectivity index (χ1v) is 19.5. The van der Waals surface area contributed by atoms with Gasteiger partial charge in [-0.05, 0) is 56.4 Å². The van der Waals surface area contributed by atoms with Crippen LogP contribution in [-0.4, -0.2) is 191 Å². The fraction of sp³-hybridized carbons (Fsp3) is 1.00. The SMILES string of the molecule is NC[C@@H]1O[C@H](O[C@H]2[C@@H](OCCNCCC3CC4CCC3C4)[C@H](O[C@@H]3[C@@H](O)[C@H](N)C[C@H](N)[C@H]3O[C@H]3O[C@H](CO)[C@@H](O)[C@H](O)[C@H]3N)O[C@@H]2CO)[C@H](N)[C@@H](O)[C@@H]1O. The van der Waals surface area contributed by atoms with Crippen molar-refractivity contribution < 1.29 is 68.9 Å². The smallest absolute Gasteiger partial charge is 0.187 e. The van der Waals surface area contributed by atoms with E-state index in [1.54, 1.807) is 0 Å². The molecule has 3 heterocycles. The predicted molar refractivity (Wildman–Crippen MR) is 187 cm³/mol. The number of fused-ring (bicyclic) bond motifs is 2. The summed E-state index contributed by atoms with van der Waals surface area (Å²) in [6.07, 6.45) is -12.7. The van der Waals surface area contributed by atoms with Gasteiger partial charge in [-0.3, -0.25) is 0 Å². The minimum Gasteiger partial charge on any atom is -0.394 e. The van der Waals surface area contributed by atoms with Gasteiger partial charge in [0.05, 0.1) is 38.0 Å². The Morgan fingerprint density at radius 1 is 0.593 bits per heavy atom. The second kappa shape index (κ2) is 18.9. The van der Waals surface area contributed by atoms with Crippen LogP contribution in [0.1, 0.15) is 38.5 Å². The molecule has 6 aliphatic rings. The first-order valence-electron chi connectivity index (χ1n) is 19.5. The average molecular weight is 781 g/mol. The van der Waals surface area contributed by atoms with E-state index >= 15 is 0 Å². The molecule has 20 heteroatoms. The number of nitrogens with two attached hydrogens (primary N) is 5. The van der Waals surface area contributed by atoms with Crippen molar-refractivity contribution in [3.05, 3.63) is 0 Å². The number of aliphatic hydroxyl groups is 7. The summed E-state index contributed by atoms with van der Waals surface area (Å²) in [6, 6.07) is -4.18. The number of hydrogen-bond acceptors (Lipinski definition) is 20. The molecule has 0 aromatic rings. The molecular weight excluding hydrogens is 716 g/mol. The molecule has 3 unspecified atom stereocenters. The largest absolute Gasteiger partial charge is 0.394 e. The zero-order chi connectivity index (χ0) is 38.8. The Bertz CT molecular complexity index is 1170. The van der Waals surface area contributed by atoms with E-state index in [0.29, 0.717) is 6.54 Å². The predicted octanol–water partition coefficient (Wildman–Crippen LogP) is -6.42. The van der Waals surface area contributed by atoms with E-state index in [4.69, 9.17) is 61.8 Å². The zero-order valence-corrected chi connectivity index (χ0v) is 30.6. The number of aliphatic hydroxyl groups excluding tert-OH is 7. The maximum Gasteiger partial charge on any atom is 0.187 e. The van der Waals surface area contributed by atoms with Crippen LogP contribution in [0.3, 0.4) is 0 Å². The van der Waals surface area contributed by atoms with E-state index in [0.717, 1.165) is 30.7 Å². The van der Waals surface area contributed by atoms with Crippen LogP contribution in [0.25, 0.3) is 0 Å². The number of ether oxygens (including phenoxy) is 7. The highest BCUT2D eigenvalue weighted by molar-refractivity contribution is 5.02. The fourth-order valence-corrected chi connectivity index (χ4v) is 9.26. The van der Waals surface area contributed by atoms with Gasteiger partial charge in [0.25, 0.3) is 0 Å². The molecule has 3 saturated carbocycles. The monoisotopic (exact) mass is 780 g/mol. The molecule has 6 fully saturated rings. The highest BCUT2D eigenvalue weighted by Gasteiger charge is 2.55. The van der Waals surface area contributed by atoms with Gasteiger partial charge in [0.1, 0.15) is 67.1 Å². The third-order valence-electron chi connectivity index (χ3n) is 12.5. The highest BCUT2D eigenvalue weighted by Crippen LogP contribution is 2.49. The zero-order valence-electron chi connectivity index (χ0n) is 30.6. The third kappa shape index (κ3) is 9.08. The summed E-state index contributed by atoms with van der Waals surface area (Å²) >= 11 is 0. The molecule has 0 radical (unpaired) electrons. The van der Waals surface area contributed by atoms with Crippen molar-refractivity contribution in [3.8, 4) is 0 Å². The van der Waals surface area contributed by atoms with Crippen LogP contribution in [0.15, 0.2) is 0 Å². The highest BCUT2D eigenvalue weighted by atomic mass is 16.8. The summed E-state index contributed by atoms with van der Waals surface area (Å²) in [5.74, 6) is 2.42. The lowest BCUT2D eigenvalue weighted by Gasteiger charge is -2.47. The van der Waals surface area contributed by atoms with Gasteiger partial charge in [0.15, 0.2) is 18.9 Å². The van der Waals surface area contributed by atoms with Gasteiger partial charge in [0.2, 0.25) is 0 Å². The Morgan fingerprint density at radius 2 is 1.20 bits per heavy atom.